The van der Waals surface area contributed by atoms with Gasteiger partial charge in [-0.1, -0.05) is 151 Å². The van der Waals surface area contributed by atoms with Crippen LogP contribution >= 0.6 is 15.9 Å². The standard InChI is InChI=1S/C45H37BrN2/c1-44(2)42-21-13-12-20-40(42)41-27-26-38(29-43(41)44)48(37-18-10-5-11-19-37)39-28-35(46)30-45(31-39,47-36-16-8-4-9-17-36)34-24-22-33(23-25-34)32-14-6-3-7-15-32/h3-30,47H,31H2,1-2H3. The molecule has 1 N–H and O–H groups in total. The first-order valence-electron chi connectivity index (χ1n) is 16.6. The van der Waals surface area contributed by atoms with Gasteiger partial charge < -0.3 is 10.2 Å². The molecular formula is C45H37BrN2. The largest absolute Gasteiger partial charge is 0.372 e. The van der Waals surface area contributed by atoms with Crippen LogP contribution in [0.2, 0.25) is 0 Å². The summed E-state index contributed by atoms with van der Waals surface area (Å²) in [6.07, 6.45) is 5.34. The topological polar surface area (TPSA) is 15.3 Å². The fourth-order valence-corrected chi connectivity index (χ4v) is 8.22. The third kappa shape index (κ3) is 5.38. The lowest BCUT2D eigenvalue weighted by Gasteiger charge is -2.41. The Hall–Kier alpha value is -5.12. The highest BCUT2D eigenvalue weighted by molar-refractivity contribution is 9.11. The molecule has 2 nitrogen and oxygen atoms in total. The molecule has 0 bridgehead atoms. The predicted molar refractivity (Wildman–Crippen MR) is 206 cm³/mol. The quantitative estimate of drug-likeness (QED) is 0.180. The van der Waals surface area contributed by atoms with Crippen LogP contribution < -0.4 is 10.2 Å². The number of anilines is 3. The molecule has 1 atom stereocenters. The second-order valence-corrected chi connectivity index (χ2v) is 14.2. The summed E-state index contributed by atoms with van der Waals surface area (Å²) in [5, 5.41) is 3.98. The highest BCUT2D eigenvalue weighted by Crippen LogP contribution is 2.51. The second-order valence-electron chi connectivity index (χ2n) is 13.3. The normalized spacial score (nSPS) is 17.5. The van der Waals surface area contributed by atoms with Gasteiger partial charge >= 0.3 is 0 Å². The molecule has 8 rings (SSSR count). The predicted octanol–water partition coefficient (Wildman–Crippen LogP) is 12.4. The maximum absolute atomic E-state index is 3.99. The average Bonchev–Trinajstić information content (AvgIpc) is 3.35. The van der Waals surface area contributed by atoms with Crippen LogP contribution in [0.4, 0.5) is 17.1 Å². The highest BCUT2D eigenvalue weighted by Gasteiger charge is 2.38. The molecule has 0 aromatic heterocycles. The van der Waals surface area contributed by atoms with Gasteiger partial charge in [0.15, 0.2) is 0 Å². The molecule has 0 aliphatic heterocycles. The molecule has 0 saturated heterocycles. The number of hydrogen-bond acceptors (Lipinski definition) is 2. The summed E-state index contributed by atoms with van der Waals surface area (Å²) >= 11 is 3.99. The van der Waals surface area contributed by atoms with Crippen LogP contribution in [0.5, 0.6) is 0 Å². The van der Waals surface area contributed by atoms with Crippen LogP contribution in [0.3, 0.4) is 0 Å². The van der Waals surface area contributed by atoms with Crippen molar-refractivity contribution in [2.24, 2.45) is 0 Å². The van der Waals surface area contributed by atoms with E-state index in [2.05, 4.69) is 210 Å². The van der Waals surface area contributed by atoms with Gasteiger partial charge in [-0.25, -0.2) is 0 Å². The molecule has 48 heavy (non-hydrogen) atoms. The number of fused-ring (bicyclic) bond motifs is 3. The van der Waals surface area contributed by atoms with Gasteiger partial charge in [-0.3, -0.25) is 0 Å². The molecule has 0 spiro atoms. The molecule has 234 valence electrons. The molecule has 3 heteroatoms. The van der Waals surface area contributed by atoms with Crippen LogP contribution in [0.15, 0.2) is 180 Å². The van der Waals surface area contributed by atoms with Crippen molar-refractivity contribution in [3.63, 3.8) is 0 Å². The van der Waals surface area contributed by atoms with E-state index in [4.69, 9.17) is 0 Å². The maximum atomic E-state index is 3.99. The Morgan fingerprint density at radius 3 is 1.92 bits per heavy atom. The molecule has 6 aromatic carbocycles. The molecule has 1 unspecified atom stereocenters. The molecule has 0 radical (unpaired) electrons. The van der Waals surface area contributed by atoms with Crippen LogP contribution in [0, 0.1) is 0 Å². The number of benzene rings is 6. The minimum atomic E-state index is -0.515. The number of allylic oxidation sites excluding steroid dienone is 2. The van der Waals surface area contributed by atoms with Crippen molar-refractivity contribution in [3.8, 4) is 22.3 Å². The zero-order valence-electron chi connectivity index (χ0n) is 27.2. The molecule has 2 aliphatic carbocycles. The number of para-hydroxylation sites is 2. The third-order valence-corrected chi connectivity index (χ3v) is 10.4. The number of nitrogens with one attached hydrogen (secondary N) is 1. The molecule has 0 amide bonds. The minimum absolute atomic E-state index is 0.0924. The zero-order chi connectivity index (χ0) is 32.7. The number of rotatable bonds is 7. The van der Waals surface area contributed by atoms with Crippen molar-refractivity contribution in [2.45, 2.75) is 31.2 Å². The van der Waals surface area contributed by atoms with Gasteiger partial charge in [0.1, 0.15) is 0 Å². The lowest BCUT2D eigenvalue weighted by atomic mass is 9.80. The number of hydrogen-bond donors (Lipinski definition) is 1. The van der Waals surface area contributed by atoms with Gasteiger partial charge in [0.2, 0.25) is 0 Å². The molecule has 0 heterocycles. The molecule has 0 fully saturated rings. The summed E-state index contributed by atoms with van der Waals surface area (Å²) in [4.78, 5) is 2.44. The van der Waals surface area contributed by atoms with Crippen molar-refractivity contribution in [2.75, 3.05) is 10.2 Å². The Morgan fingerprint density at radius 1 is 0.583 bits per heavy atom. The van der Waals surface area contributed by atoms with Gasteiger partial charge in [0, 0.05) is 39.1 Å². The van der Waals surface area contributed by atoms with Gasteiger partial charge in [-0.2, -0.15) is 0 Å². The van der Waals surface area contributed by atoms with E-state index in [0.29, 0.717) is 0 Å². The van der Waals surface area contributed by atoms with Gasteiger partial charge in [0.25, 0.3) is 0 Å². The molecule has 2 aliphatic rings. The van der Waals surface area contributed by atoms with Gasteiger partial charge in [-0.15, -0.1) is 0 Å². The van der Waals surface area contributed by atoms with Crippen molar-refractivity contribution < 1.29 is 0 Å². The van der Waals surface area contributed by atoms with Gasteiger partial charge in [0.05, 0.1) is 5.54 Å². The van der Waals surface area contributed by atoms with Crippen molar-refractivity contribution in [1.82, 2.24) is 0 Å². The fraction of sp³-hybridized carbons (Fsp3) is 0.111. The Labute approximate surface area is 292 Å². The Morgan fingerprint density at radius 2 is 1.19 bits per heavy atom. The fourth-order valence-electron chi connectivity index (χ4n) is 7.56. The first-order chi connectivity index (χ1) is 23.4. The van der Waals surface area contributed by atoms with E-state index < -0.39 is 5.54 Å². The SMILES string of the molecule is CC1(C)c2ccccc2-c2ccc(N(C3=CC(Br)=CC(Nc4ccccc4)(c4ccc(-c5ccccc5)cc4)C3)c3ccccc3)cc21. The van der Waals surface area contributed by atoms with Crippen LogP contribution in [0.25, 0.3) is 22.3 Å². The Balaban J connectivity index is 1.25. The van der Waals surface area contributed by atoms with E-state index >= 15 is 0 Å². The summed E-state index contributed by atoms with van der Waals surface area (Å²) in [7, 11) is 0. The number of nitrogens with zero attached hydrogens (tertiary/aromatic N) is 1. The summed E-state index contributed by atoms with van der Waals surface area (Å²) in [5.74, 6) is 0. The van der Waals surface area contributed by atoms with Gasteiger partial charge in [-0.05, 0) is 87.5 Å². The first kappa shape index (κ1) is 30.2. The maximum Gasteiger partial charge on any atom is 0.0878 e. The van der Waals surface area contributed by atoms with E-state index in [1.807, 2.05) is 0 Å². The van der Waals surface area contributed by atoms with Crippen molar-refractivity contribution in [3.05, 3.63) is 197 Å². The van der Waals surface area contributed by atoms with Crippen LogP contribution in [-0.2, 0) is 11.0 Å². The molecule has 6 aromatic rings. The lowest BCUT2D eigenvalue weighted by Crippen LogP contribution is -2.38. The summed E-state index contributed by atoms with van der Waals surface area (Å²) in [6, 6.07) is 56.8. The molecular weight excluding hydrogens is 648 g/mol. The van der Waals surface area contributed by atoms with E-state index in [0.717, 1.165) is 28.0 Å². The van der Waals surface area contributed by atoms with Crippen molar-refractivity contribution in [1.29, 1.82) is 0 Å². The van der Waals surface area contributed by atoms with E-state index in [-0.39, 0.29) is 5.41 Å². The average molecular weight is 686 g/mol. The zero-order valence-corrected chi connectivity index (χ0v) is 28.8. The Bertz CT molecular complexity index is 2150. The second kappa shape index (κ2) is 12.2. The number of halogens is 1. The van der Waals surface area contributed by atoms with E-state index in [1.54, 1.807) is 0 Å². The first-order valence-corrected chi connectivity index (χ1v) is 17.4. The van der Waals surface area contributed by atoms with Crippen LogP contribution in [-0.4, -0.2) is 0 Å². The molecule has 0 saturated carbocycles. The van der Waals surface area contributed by atoms with E-state index in [9.17, 15) is 0 Å². The minimum Gasteiger partial charge on any atom is -0.372 e. The van der Waals surface area contributed by atoms with Crippen LogP contribution in [0.1, 0.15) is 37.0 Å². The summed E-state index contributed by atoms with van der Waals surface area (Å²) in [6.45, 7) is 4.70. The van der Waals surface area contributed by atoms with Crippen molar-refractivity contribution >= 4 is 33.0 Å². The highest BCUT2D eigenvalue weighted by atomic mass is 79.9. The summed E-state index contributed by atoms with van der Waals surface area (Å²) in [5.41, 5.74) is 13.0. The summed E-state index contributed by atoms with van der Waals surface area (Å²) < 4.78 is 1.04. The lowest BCUT2D eigenvalue weighted by molar-refractivity contribution is 0.591. The smallest absolute Gasteiger partial charge is 0.0878 e. The third-order valence-electron chi connectivity index (χ3n) is 9.92. The Kier molecular flexibility index (Phi) is 7.66. The monoisotopic (exact) mass is 684 g/mol. The van der Waals surface area contributed by atoms with E-state index in [1.165, 1.54) is 44.6 Å².